The molecular weight excluding hydrogens is 244 g/mol. The predicted octanol–water partition coefficient (Wildman–Crippen LogP) is 2.20. The lowest BCUT2D eigenvalue weighted by Crippen LogP contribution is -2.39. The Hall–Kier alpha value is -0.520. The van der Waals surface area contributed by atoms with Crippen molar-refractivity contribution in [3.05, 3.63) is 18.2 Å². The van der Waals surface area contributed by atoms with Crippen LogP contribution in [0.4, 0.5) is 0 Å². The Labute approximate surface area is 115 Å². The Morgan fingerprint density at radius 1 is 1.50 bits per heavy atom. The third kappa shape index (κ3) is 5.00. The van der Waals surface area contributed by atoms with Gasteiger partial charge in [0.05, 0.1) is 0 Å². The zero-order valence-electron chi connectivity index (χ0n) is 11.7. The van der Waals surface area contributed by atoms with E-state index in [1.807, 2.05) is 24.2 Å². The SMILES string of the molecule is CCCn1ccnc1CC(CSC(C)CC)NN. The molecule has 0 spiro atoms. The molecule has 0 radical (unpaired) electrons. The predicted molar refractivity (Wildman–Crippen MR) is 79.5 cm³/mol. The molecule has 0 saturated carbocycles. The first kappa shape index (κ1) is 15.5. The number of imidazole rings is 1. The molecule has 0 fully saturated rings. The van der Waals surface area contributed by atoms with Gasteiger partial charge in [0.25, 0.3) is 0 Å². The second-order valence-electron chi connectivity index (χ2n) is 4.66. The Morgan fingerprint density at radius 2 is 2.28 bits per heavy atom. The number of rotatable bonds is 9. The maximum Gasteiger partial charge on any atom is 0.110 e. The fraction of sp³-hybridized carbons (Fsp3) is 0.769. The van der Waals surface area contributed by atoms with Gasteiger partial charge in [-0.05, 0) is 12.8 Å². The molecular formula is C13H26N4S. The Bertz CT molecular complexity index is 327. The first-order valence-electron chi connectivity index (χ1n) is 6.78. The van der Waals surface area contributed by atoms with Crippen LogP contribution in [0.1, 0.15) is 39.4 Å². The molecule has 3 N–H and O–H groups in total. The quantitative estimate of drug-likeness (QED) is 0.533. The minimum atomic E-state index is 0.294. The van der Waals surface area contributed by atoms with Gasteiger partial charge in [-0.2, -0.15) is 11.8 Å². The van der Waals surface area contributed by atoms with E-state index in [2.05, 4.69) is 35.7 Å². The fourth-order valence-corrected chi connectivity index (χ4v) is 2.77. The Morgan fingerprint density at radius 3 is 2.89 bits per heavy atom. The van der Waals surface area contributed by atoms with Crippen molar-refractivity contribution in [1.29, 1.82) is 0 Å². The normalized spacial score (nSPS) is 14.7. The molecule has 0 aliphatic rings. The summed E-state index contributed by atoms with van der Waals surface area (Å²) in [5, 5.41) is 0.691. The highest BCUT2D eigenvalue weighted by molar-refractivity contribution is 7.99. The van der Waals surface area contributed by atoms with Crippen molar-refractivity contribution in [2.24, 2.45) is 5.84 Å². The van der Waals surface area contributed by atoms with E-state index in [1.54, 1.807) is 0 Å². The summed E-state index contributed by atoms with van der Waals surface area (Å²) in [7, 11) is 0. The van der Waals surface area contributed by atoms with Crippen molar-refractivity contribution in [1.82, 2.24) is 15.0 Å². The lowest BCUT2D eigenvalue weighted by Gasteiger charge is -2.18. The zero-order valence-corrected chi connectivity index (χ0v) is 12.5. The van der Waals surface area contributed by atoms with Crippen molar-refractivity contribution in [2.45, 2.75) is 57.9 Å². The van der Waals surface area contributed by atoms with Gasteiger partial charge in [-0.25, -0.2) is 4.98 Å². The van der Waals surface area contributed by atoms with E-state index >= 15 is 0 Å². The third-order valence-corrected chi connectivity index (χ3v) is 4.58. The van der Waals surface area contributed by atoms with Gasteiger partial charge in [-0.1, -0.05) is 20.8 Å². The van der Waals surface area contributed by atoms with E-state index in [1.165, 1.54) is 6.42 Å². The minimum Gasteiger partial charge on any atom is -0.335 e. The van der Waals surface area contributed by atoms with Gasteiger partial charge in [0, 0.05) is 42.4 Å². The Kier molecular flexibility index (Phi) is 7.39. The fourth-order valence-electron chi connectivity index (χ4n) is 1.76. The number of thioether (sulfide) groups is 1. The van der Waals surface area contributed by atoms with E-state index < -0.39 is 0 Å². The zero-order chi connectivity index (χ0) is 13.4. The molecule has 1 rings (SSSR count). The van der Waals surface area contributed by atoms with Crippen LogP contribution < -0.4 is 11.3 Å². The third-order valence-electron chi connectivity index (χ3n) is 3.09. The average Bonchev–Trinajstić information content (AvgIpc) is 2.81. The molecule has 1 aromatic rings. The van der Waals surface area contributed by atoms with Gasteiger partial charge in [0.15, 0.2) is 0 Å². The van der Waals surface area contributed by atoms with E-state index in [9.17, 15) is 0 Å². The van der Waals surface area contributed by atoms with Crippen molar-refractivity contribution in [3.63, 3.8) is 0 Å². The van der Waals surface area contributed by atoms with E-state index in [0.29, 0.717) is 11.3 Å². The van der Waals surface area contributed by atoms with Crippen LogP contribution in [0.3, 0.4) is 0 Å². The van der Waals surface area contributed by atoms with Crippen LogP contribution in [0.15, 0.2) is 12.4 Å². The van der Waals surface area contributed by atoms with Crippen LogP contribution in [-0.4, -0.2) is 26.6 Å². The molecule has 0 aromatic carbocycles. The molecule has 5 heteroatoms. The van der Waals surface area contributed by atoms with Gasteiger partial charge in [0.2, 0.25) is 0 Å². The van der Waals surface area contributed by atoms with Gasteiger partial charge in [-0.3, -0.25) is 11.3 Å². The summed E-state index contributed by atoms with van der Waals surface area (Å²) >= 11 is 1.97. The highest BCUT2D eigenvalue weighted by Crippen LogP contribution is 2.16. The lowest BCUT2D eigenvalue weighted by molar-refractivity contribution is 0.535. The van der Waals surface area contributed by atoms with Gasteiger partial charge in [-0.15, -0.1) is 0 Å². The second kappa shape index (κ2) is 8.56. The largest absolute Gasteiger partial charge is 0.335 e. The highest BCUT2D eigenvalue weighted by Gasteiger charge is 2.13. The monoisotopic (exact) mass is 270 g/mol. The van der Waals surface area contributed by atoms with Gasteiger partial charge in [0.1, 0.15) is 5.82 Å². The Balaban J connectivity index is 2.48. The first-order chi connectivity index (χ1) is 8.71. The molecule has 0 aliphatic carbocycles. The standard InChI is InChI=1S/C13H26N4S/c1-4-7-17-8-6-15-13(17)9-12(16-14)10-18-11(3)5-2/h6,8,11-12,16H,4-5,7,9-10,14H2,1-3H3. The number of nitrogens with one attached hydrogen (secondary N) is 1. The number of hydrogen-bond acceptors (Lipinski definition) is 4. The maximum absolute atomic E-state index is 5.64. The number of aromatic nitrogens is 2. The molecule has 0 bridgehead atoms. The summed E-state index contributed by atoms with van der Waals surface area (Å²) in [5.41, 5.74) is 2.91. The molecule has 0 amide bonds. The average molecular weight is 270 g/mol. The summed E-state index contributed by atoms with van der Waals surface area (Å²) in [6, 6.07) is 0.294. The molecule has 18 heavy (non-hydrogen) atoms. The van der Waals surface area contributed by atoms with Crippen LogP contribution >= 0.6 is 11.8 Å². The topological polar surface area (TPSA) is 55.9 Å². The van der Waals surface area contributed by atoms with Gasteiger partial charge < -0.3 is 4.57 Å². The van der Waals surface area contributed by atoms with Crippen LogP contribution in [0.25, 0.3) is 0 Å². The summed E-state index contributed by atoms with van der Waals surface area (Å²) in [6.45, 7) is 7.69. The van der Waals surface area contributed by atoms with Crippen molar-refractivity contribution < 1.29 is 0 Å². The molecule has 0 aliphatic heterocycles. The number of hydrazine groups is 1. The van der Waals surface area contributed by atoms with E-state index in [0.717, 1.165) is 31.0 Å². The van der Waals surface area contributed by atoms with E-state index in [4.69, 9.17) is 5.84 Å². The highest BCUT2D eigenvalue weighted by atomic mass is 32.2. The minimum absolute atomic E-state index is 0.294. The first-order valence-corrected chi connectivity index (χ1v) is 7.83. The van der Waals surface area contributed by atoms with Crippen LogP contribution in [-0.2, 0) is 13.0 Å². The van der Waals surface area contributed by atoms with E-state index in [-0.39, 0.29) is 0 Å². The van der Waals surface area contributed by atoms with Crippen molar-refractivity contribution >= 4 is 11.8 Å². The number of nitrogens with two attached hydrogens (primary N) is 1. The number of hydrogen-bond donors (Lipinski definition) is 2. The maximum atomic E-state index is 5.64. The molecule has 1 heterocycles. The van der Waals surface area contributed by atoms with Crippen LogP contribution in [0.5, 0.6) is 0 Å². The molecule has 104 valence electrons. The summed E-state index contributed by atoms with van der Waals surface area (Å²) < 4.78 is 2.22. The van der Waals surface area contributed by atoms with Crippen molar-refractivity contribution in [3.8, 4) is 0 Å². The van der Waals surface area contributed by atoms with Crippen LogP contribution in [0.2, 0.25) is 0 Å². The number of aryl methyl sites for hydroxylation is 1. The van der Waals surface area contributed by atoms with Crippen molar-refractivity contribution in [2.75, 3.05) is 5.75 Å². The molecule has 0 saturated heterocycles. The summed E-state index contributed by atoms with van der Waals surface area (Å²) in [5.74, 6) is 7.80. The molecule has 2 unspecified atom stereocenters. The smallest absolute Gasteiger partial charge is 0.110 e. The summed E-state index contributed by atoms with van der Waals surface area (Å²) in [4.78, 5) is 4.43. The molecule has 1 aromatic heterocycles. The number of nitrogens with zero attached hydrogens (tertiary/aromatic N) is 2. The van der Waals surface area contributed by atoms with Crippen LogP contribution in [0, 0.1) is 0 Å². The summed E-state index contributed by atoms with van der Waals surface area (Å²) in [6.07, 6.45) is 7.15. The lowest BCUT2D eigenvalue weighted by atomic mass is 10.2. The van der Waals surface area contributed by atoms with Gasteiger partial charge >= 0.3 is 0 Å². The molecule has 2 atom stereocenters. The molecule has 4 nitrogen and oxygen atoms in total. The second-order valence-corrected chi connectivity index (χ2v) is 6.13.